The number of carbonyl (C=O) groups is 2. The number of sulfonamides is 1. The smallest absolute Gasteiger partial charge is 0.352 e. The van der Waals surface area contributed by atoms with Gasteiger partial charge in [-0.05, 0) is 56.5 Å². The van der Waals surface area contributed by atoms with E-state index in [1.165, 1.54) is 11.8 Å². The molecule has 7 nitrogen and oxygen atoms in total. The molecule has 0 aliphatic rings. The SMILES string of the molecule is CC[C@H](C)NC(=O)[C@@H](C)N(Cc1ccccc1C)C(=O)CN(c1cc(C(F)(F)F)ccc1Cl)S(C)(=O)=O. The molecule has 0 aliphatic heterocycles. The third kappa shape index (κ3) is 8.10. The van der Waals surface area contributed by atoms with E-state index < -0.39 is 51.9 Å². The summed E-state index contributed by atoms with van der Waals surface area (Å²) in [6.07, 6.45) is -3.34. The summed E-state index contributed by atoms with van der Waals surface area (Å²) in [6, 6.07) is 8.24. The number of hydrogen-bond donors (Lipinski definition) is 1. The second-order valence-electron chi connectivity index (χ2n) is 8.88. The summed E-state index contributed by atoms with van der Waals surface area (Å²) in [7, 11) is -4.25. The summed E-state index contributed by atoms with van der Waals surface area (Å²) in [4.78, 5) is 27.7. The van der Waals surface area contributed by atoms with Gasteiger partial charge in [-0.1, -0.05) is 42.8 Å². The fraction of sp³-hybridized carbons (Fsp3) is 0.440. The van der Waals surface area contributed by atoms with Crippen molar-refractivity contribution in [2.24, 2.45) is 0 Å². The summed E-state index contributed by atoms with van der Waals surface area (Å²) in [5.74, 6) is -1.23. The van der Waals surface area contributed by atoms with Crippen LogP contribution in [0.4, 0.5) is 18.9 Å². The normalized spacial score (nSPS) is 13.5. The Labute approximate surface area is 220 Å². The van der Waals surface area contributed by atoms with Gasteiger partial charge < -0.3 is 10.2 Å². The summed E-state index contributed by atoms with van der Waals surface area (Å²) in [5, 5.41) is 2.52. The van der Waals surface area contributed by atoms with E-state index in [4.69, 9.17) is 11.6 Å². The first-order chi connectivity index (χ1) is 17.1. The van der Waals surface area contributed by atoms with Gasteiger partial charge in [-0.15, -0.1) is 0 Å². The number of anilines is 1. The minimum absolute atomic E-state index is 0.0193. The van der Waals surface area contributed by atoms with Gasteiger partial charge in [0.15, 0.2) is 0 Å². The quantitative estimate of drug-likeness (QED) is 0.453. The van der Waals surface area contributed by atoms with Gasteiger partial charge in [0.05, 0.1) is 22.5 Å². The average molecular weight is 562 g/mol. The summed E-state index contributed by atoms with van der Waals surface area (Å²) in [6.45, 7) is 6.15. The fourth-order valence-corrected chi connectivity index (χ4v) is 4.62. The van der Waals surface area contributed by atoms with Crippen molar-refractivity contribution in [2.45, 2.75) is 58.9 Å². The van der Waals surface area contributed by atoms with Crippen LogP contribution < -0.4 is 9.62 Å². The Hall–Kier alpha value is -2.79. The molecular weight excluding hydrogens is 531 g/mol. The lowest BCUT2D eigenvalue weighted by molar-refractivity contribution is -0.139. The number of hydrogen-bond acceptors (Lipinski definition) is 4. The molecule has 12 heteroatoms. The van der Waals surface area contributed by atoms with Crippen LogP contribution in [0.2, 0.25) is 5.02 Å². The van der Waals surface area contributed by atoms with Crippen LogP contribution in [0.15, 0.2) is 42.5 Å². The standard InChI is InChI=1S/C25H31ClF3N3O4S/c1-6-17(3)30-24(34)18(4)31(14-19-10-8-7-9-16(19)2)23(33)15-32(37(5,35)36)22-13-20(25(27,28)29)11-12-21(22)26/h7-13,17-18H,6,14-15H2,1-5H3,(H,30,34)/t17-,18+/m0/s1. The molecule has 204 valence electrons. The van der Waals surface area contributed by atoms with Crippen LogP contribution in [-0.4, -0.2) is 50.0 Å². The monoisotopic (exact) mass is 561 g/mol. The van der Waals surface area contributed by atoms with Gasteiger partial charge >= 0.3 is 6.18 Å². The first kappa shape index (κ1) is 30.4. The Balaban J connectivity index is 2.51. The highest BCUT2D eigenvalue weighted by molar-refractivity contribution is 7.92. The van der Waals surface area contributed by atoms with Crippen molar-refractivity contribution in [1.29, 1.82) is 0 Å². The molecule has 2 rings (SSSR count). The van der Waals surface area contributed by atoms with Crippen LogP contribution in [0.3, 0.4) is 0 Å². The minimum Gasteiger partial charge on any atom is -0.352 e. The second-order valence-corrected chi connectivity index (χ2v) is 11.2. The number of rotatable bonds is 10. The number of nitrogens with one attached hydrogen (secondary N) is 1. The average Bonchev–Trinajstić information content (AvgIpc) is 2.80. The maximum Gasteiger partial charge on any atom is 0.416 e. The number of aryl methyl sites for hydroxylation is 1. The topological polar surface area (TPSA) is 86.8 Å². The van der Waals surface area contributed by atoms with Crippen molar-refractivity contribution in [3.63, 3.8) is 0 Å². The number of halogens is 4. The summed E-state index contributed by atoms with van der Waals surface area (Å²) in [5.41, 5.74) is -0.0382. The van der Waals surface area contributed by atoms with Crippen molar-refractivity contribution in [3.8, 4) is 0 Å². The van der Waals surface area contributed by atoms with Crippen LogP contribution in [0.25, 0.3) is 0 Å². The molecule has 0 radical (unpaired) electrons. The third-order valence-electron chi connectivity index (χ3n) is 5.99. The minimum atomic E-state index is -4.76. The van der Waals surface area contributed by atoms with Crippen molar-refractivity contribution in [2.75, 3.05) is 17.1 Å². The number of alkyl halides is 3. The van der Waals surface area contributed by atoms with E-state index in [0.717, 1.165) is 29.5 Å². The zero-order chi connectivity index (χ0) is 28.1. The molecule has 0 unspecified atom stereocenters. The predicted molar refractivity (Wildman–Crippen MR) is 138 cm³/mol. The second kappa shape index (κ2) is 12.2. The van der Waals surface area contributed by atoms with Crippen LogP contribution in [0.5, 0.6) is 0 Å². The van der Waals surface area contributed by atoms with E-state index >= 15 is 0 Å². The zero-order valence-electron chi connectivity index (χ0n) is 21.3. The maximum atomic E-state index is 13.6. The highest BCUT2D eigenvalue weighted by atomic mass is 35.5. The molecule has 0 aliphatic carbocycles. The van der Waals surface area contributed by atoms with Gasteiger partial charge in [-0.25, -0.2) is 8.42 Å². The van der Waals surface area contributed by atoms with E-state index in [2.05, 4.69) is 5.32 Å². The molecule has 2 atom stereocenters. The number of benzene rings is 2. The molecule has 0 saturated carbocycles. The fourth-order valence-electron chi connectivity index (χ4n) is 3.49. The molecule has 0 fully saturated rings. The number of nitrogens with zero attached hydrogens (tertiary/aromatic N) is 2. The van der Waals surface area contributed by atoms with Crippen LogP contribution in [0.1, 0.15) is 43.9 Å². The number of amides is 2. The van der Waals surface area contributed by atoms with Crippen LogP contribution >= 0.6 is 11.6 Å². The molecule has 0 saturated heterocycles. The molecule has 2 amide bonds. The lowest BCUT2D eigenvalue weighted by Gasteiger charge is -2.32. The van der Waals surface area contributed by atoms with Gasteiger partial charge in [0.1, 0.15) is 12.6 Å². The third-order valence-corrected chi connectivity index (χ3v) is 7.44. The van der Waals surface area contributed by atoms with Crippen molar-refractivity contribution >= 4 is 39.1 Å². The highest BCUT2D eigenvalue weighted by Crippen LogP contribution is 2.36. The number of carbonyl (C=O) groups excluding carboxylic acids is 2. The Morgan fingerprint density at radius 1 is 1.11 bits per heavy atom. The van der Waals surface area contributed by atoms with E-state index in [-0.39, 0.29) is 17.6 Å². The summed E-state index contributed by atoms with van der Waals surface area (Å²) >= 11 is 6.08. The lowest BCUT2D eigenvalue weighted by atomic mass is 10.1. The molecule has 37 heavy (non-hydrogen) atoms. The molecule has 1 N–H and O–H groups in total. The Bertz CT molecular complexity index is 1240. The summed E-state index contributed by atoms with van der Waals surface area (Å²) < 4.78 is 65.8. The van der Waals surface area contributed by atoms with Crippen molar-refractivity contribution < 1.29 is 31.2 Å². The van der Waals surface area contributed by atoms with Gasteiger partial charge in [0.25, 0.3) is 0 Å². The molecule has 2 aromatic rings. The predicted octanol–water partition coefficient (Wildman–Crippen LogP) is 4.77. The Morgan fingerprint density at radius 3 is 2.27 bits per heavy atom. The molecule has 0 spiro atoms. The van der Waals surface area contributed by atoms with Crippen LogP contribution in [0, 0.1) is 6.92 Å². The van der Waals surface area contributed by atoms with E-state index in [9.17, 15) is 31.2 Å². The largest absolute Gasteiger partial charge is 0.416 e. The van der Waals surface area contributed by atoms with Crippen molar-refractivity contribution in [3.05, 3.63) is 64.2 Å². The molecular formula is C25H31ClF3N3O4S. The first-order valence-corrected chi connectivity index (χ1v) is 13.8. The lowest BCUT2D eigenvalue weighted by Crippen LogP contribution is -2.52. The van der Waals surface area contributed by atoms with Gasteiger partial charge in [0, 0.05) is 12.6 Å². The van der Waals surface area contributed by atoms with E-state index in [1.54, 1.807) is 19.1 Å². The molecule has 0 aromatic heterocycles. The van der Waals surface area contributed by atoms with Crippen molar-refractivity contribution in [1.82, 2.24) is 10.2 Å². The van der Waals surface area contributed by atoms with Crippen LogP contribution in [-0.2, 0) is 32.3 Å². The van der Waals surface area contributed by atoms with E-state index in [1.807, 2.05) is 26.0 Å². The Morgan fingerprint density at radius 2 is 1.73 bits per heavy atom. The Kier molecular flexibility index (Phi) is 10.0. The van der Waals surface area contributed by atoms with Gasteiger partial charge in [-0.2, -0.15) is 13.2 Å². The first-order valence-electron chi connectivity index (χ1n) is 11.5. The molecule has 0 bridgehead atoms. The van der Waals surface area contributed by atoms with E-state index in [0.29, 0.717) is 16.8 Å². The van der Waals surface area contributed by atoms with Gasteiger partial charge in [-0.3, -0.25) is 13.9 Å². The van der Waals surface area contributed by atoms with Gasteiger partial charge in [0.2, 0.25) is 21.8 Å². The zero-order valence-corrected chi connectivity index (χ0v) is 22.8. The highest BCUT2D eigenvalue weighted by Gasteiger charge is 2.35. The molecule has 2 aromatic carbocycles. The maximum absolute atomic E-state index is 13.6. The molecule has 0 heterocycles.